The molecule has 2 atom stereocenters. The van der Waals surface area contributed by atoms with Crippen LogP contribution < -0.4 is 10.2 Å². The van der Waals surface area contributed by atoms with Gasteiger partial charge in [-0.05, 0) is 51.4 Å². The zero-order valence-corrected chi connectivity index (χ0v) is 13.4. The third-order valence-corrected chi connectivity index (χ3v) is 4.41. The summed E-state index contributed by atoms with van der Waals surface area (Å²) < 4.78 is 5.73. The minimum Gasteiger partial charge on any atom is -0.376 e. The first-order valence-corrected chi connectivity index (χ1v) is 7.86. The van der Waals surface area contributed by atoms with Crippen molar-refractivity contribution in [1.29, 1.82) is 0 Å². The van der Waals surface area contributed by atoms with Crippen molar-refractivity contribution >= 4 is 17.3 Å². The Bertz CT molecular complexity index is 432. The largest absolute Gasteiger partial charge is 0.376 e. The maximum absolute atomic E-state index is 6.42. The van der Waals surface area contributed by atoms with Crippen LogP contribution in [-0.4, -0.2) is 32.8 Å². The van der Waals surface area contributed by atoms with Crippen LogP contribution in [0.25, 0.3) is 0 Å². The smallest absolute Gasteiger partial charge is 0.0750 e. The molecule has 0 saturated carbocycles. The summed E-state index contributed by atoms with van der Waals surface area (Å²) in [5.74, 6) is 0. The van der Waals surface area contributed by atoms with E-state index in [0.717, 1.165) is 30.3 Å². The third-order valence-electron chi connectivity index (χ3n) is 4.08. The molecule has 0 spiro atoms. The Morgan fingerprint density at radius 3 is 2.85 bits per heavy atom. The normalized spacial score (nSPS) is 20.1. The molecule has 2 unspecified atom stereocenters. The summed E-state index contributed by atoms with van der Waals surface area (Å²) in [4.78, 5) is 2.34. The summed E-state index contributed by atoms with van der Waals surface area (Å²) in [5, 5.41) is 4.05. The second kappa shape index (κ2) is 7.30. The first-order chi connectivity index (χ1) is 9.65. The zero-order valence-electron chi connectivity index (χ0n) is 12.7. The molecule has 1 aromatic carbocycles. The third kappa shape index (κ3) is 3.66. The second-order valence-corrected chi connectivity index (χ2v) is 5.80. The number of ether oxygens (including phenoxy) is 1. The summed E-state index contributed by atoms with van der Waals surface area (Å²) in [5.41, 5.74) is 2.33. The summed E-state index contributed by atoms with van der Waals surface area (Å²) in [6.07, 6.45) is 2.71. The number of hydrogen-bond acceptors (Lipinski definition) is 3. The van der Waals surface area contributed by atoms with Gasteiger partial charge in [0.1, 0.15) is 0 Å². The Hall–Kier alpha value is -0.770. The van der Waals surface area contributed by atoms with Gasteiger partial charge in [-0.1, -0.05) is 17.7 Å². The summed E-state index contributed by atoms with van der Waals surface area (Å²) in [6.45, 7) is 7.12. The van der Waals surface area contributed by atoms with E-state index in [4.69, 9.17) is 16.3 Å². The van der Waals surface area contributed by atoms with E-state index >= 15 is 0 Å². The number of nitrogens with one attached hydrogen (secondary N) is 1. The highest BCUT2D eigenvalue weighted by Gasteiger charge is 2.19. The lowest BCUT2D eigenvalue weighted by atomic mass is 10.1. The molecule has 3 nitrogen and oxygen atoms in total. The van der Waals surface area contributed by atoms with E-state index in [-0.39, 0.29) is 6.04 Å². The van der Waals surface area contributed by atoms with Gasteiger partial charge in [0.25, 0.3) is 0 Å². The first kappa shape index (κ1) is 15.6. The van der Waals surface area contributed by atoms with Gasteiger partial charge < -0.3 is 15.0 Å². The molecule has 4 heteroatoms. The quantitative estimate of drug-likeness (QED) is 0.867. The fourth-order valence-electron chi connectivity index (χ4n) is 2.67. The lowest BCUT2D eigenvalue weighted by Gasteiger charge is -2.27. The van der Waals surface area contributed by atoms with E-state index in [1.165, 1.54) is 18.5 Å². The van der Waals surface area contributed by atoms with Gasteiger partial charge in [-0.25, -0.2) is 0 Å². The minimum atomic E-state index is 0.268. The highest BCUT2D eigenvalue weighted by molar-refractivity contribution is 6.31. The van der Waals surface area contributed by atoms with E-state index in [9.17, 15) is 0 Å². The molecule has 0 aromatic heterocycles. The van der Waals surface area contributed by atoms with Gasteiger partial charge in [0.15, 0.2) is 0 Å². The van der Waals surface area contributed by atoms with Crippen molar-refractivity contribution in [3.05, 3.63) is 28.8 Å². The van der Waals surface area contributed by atoms with Crippen molar-refractivity contribution in [3.8, 4) is 0 Å². The maximum Gasteiger partial charge on any atom is 0.0750 e. The molecule has 0 aliphatic carbocycles. The molecule has 1 aromatic rings. The maximum atomic E-state index is 6.42. The number of halogens is 1. The van der Waals surface area contributed by atoms with Gasteiger partial charge in [0.2, 0.25) is 0 Å². The van der Waals surface area contributed by atoms with E-state index in [0.29, 0.717) is 6.10 Å². The van der Waals surface area contributed by atoms with Crippen LogP contribution in [-0.2, 0) is 4.74 Å². The molecule has 0 bridgehead atoms. The molecule has 2 rings (SSSR count). The second-order valence-electron chi connectivity index (χ2n) is 5.39. The van der Waals surface area contributed by atoms with Crippen molar-refractivity contribution in [3.63, 3.8) is 0 Å². The molecule has 20 heavy (non-hydrogen) atoms. The number of nitrogens with zero attached hydrogens (tertiary/aromatic N) is 1. The predicted octanol–water partition coefficient (Wildman–Crippen LogP) is 3.63. The number of rotatable bonds is 6. The molecule has 112 valence electrons. The highest BCUT2D eigenvalue weighted by atomic mass is 35.5. The number of benzene rings is 1. The van der Waals surface area contributed by atoms with E-state index in [2.05, 4.69) is 42.3 Å². The highest BCUT2D eigenvalue weighted by Crippen LogP contribution is 2.28. The van der Waals surface area contributed by atoms with Crippen LogP contribution in [0.15, 0.2) is 18.2 Å². The van der Waals surface area contributed by atoms with Gasteiger partial charge in [-0.2, -0.15) is 0 Å². The van der Waals surface area contributed by atoms with E-state index in [1.807, 2.05) is 7.05 Å². The van der Waals surface area contributed by atoms with Crippen molar-refractivity contribution in [2.75, 3.05) is 31.6 Å². The van der Waals surface area contributed by atoms with Crippen molar-refractivity contribution < 1.29 is 4.74 Å². The summed E-state index contributed by atoms with van der Waals surface area (Å²) in [6, 6.07) is 6.62. The van der Waals surface area contributed by atoms with Crippen LogP contribution in [0.2, 0.25) is 5.02 Å². The Labute approximate surface area is 127 Å². The van der Waals surface area contributed by atoms with Gasteiger partial charge >= 0.3 is 0 Å². The molecule has 1 saturated heterocycles. The monoisotopic (exact) mass is 296 g/mol. The Morgan fingerprint density at radius 2 is 2.30 bits per heavy atom. The molecule has 0 amide bonds. The molecule has 1 aliphatic rings. The lowest BCUT2D eigenvalue weighted by molar-refractivity contribution is 0.115. The van der Waals surface area contributed by atoms with Gasteiger partial charge in [-0.15, -0.1) is 0 Å². The molecule has 1 aliphatic heterocycles. The zero-order chi connectivity index (χ0) is 14.5. The fourth-order valence-corrected chi connectivity index (χ4v) is 3.01. The minimum absolute atomic E-state index is 0.268. The fraction of sp³-hybridized carbons (Fsp3) is 0.625. The Balaban J connectivity index is 2.11. The SMILES string of the molecule is CCN(CC1CCCO1)c1ccc(C(C)NC)c(Cl)c1. The van der Waals surface area contributed by atoms with Crippen LogP contribution in [0.1, 0.15) is 38.3 Å². The molecular weight excluding hydrogens is 272 g/mol. The first-order valence-electron chi connectivity index (χ1n) is 7.49. The lowest BCUT2D eigenvalue weighted by Crippen LogP contribution is -2.32. The summed E-state index contributed by atoms with van der Waals surface area (Å²) in [7, 11) is 1.95. The number of likely N-dealkylation sites (N-methyl/N-ethyl adjacent to an activating group) is 1. The average Bonchev–Trinajstić information content (AvgIpc) is 2.96. The van der Waals surface area contributed by atoms with Crippen molar-refractivity contribution in [2.24, 2.45) is 0 Å². The topological polar surface area (TPSA) is 24.5 Å². The van der Waals surface area contributed by atoms with E-state index in [1.54, 1.807) is 0 Å². The van der Waals surface area contributed by atoms with Gasteiger partial charge in [0, 0.05) is 36.4 Å². The Morgan fingerprint density at radius 1 is 1.50 bits per heavy atom. The molecule has 1 heterocycles. The number of anilines is 1. The predicted molar refractivity (Wildman–Crippen MR) is 85.8 cm³/mol. The standard InChI is InChI=1S/C16H25ClN2O/c1-4-19(11-14-6-5-9-20-14)13-7-8-15(12(2)18-3)16(17)10-13/h7-8,10,12,14,18H,4-6,9,11H2,1-3H3. The van der Waals surface area contributed by atoms with Crippen LogP contribution >= 0.6 is 11.6 Å². The van der Waals surface area contributed by atoms with Crippen molar-refractivity contribution in [2.45, 2.75) is 38.8 Å². The molecule has 0 radical (unpaired) electrons. The molecule has 1 fully saturated rings. The van der Waals surface area contributed by atoms with Crippen molar-refractivity contribution in [1.82, 2.24) is 5.32 Å². The summed E-state index contributed by atoms with van der Waals surface area (Å²) >= 11 is 6.42. The van der Waals surface area contributed by atoms with Gasteiger partial charge in [0.05, 0.1) is 6.10 Å². The van der Waals surface area contributed by atoms with Crippen LogP contribution in [0.5, 0.6) is 0 Å². The Kier molecular flexibility index (Phi) is 5.70. The van der Waals surface area contributed by atoms with Crippen LogP contribution in [0.3, 0.4) is 0 Å². The molecular formula is C16H25ClN2O. The van der Waals surface area contributed by atoms with E-state index < -0.39 is 0 Å². The van der Waals surface area contributed by atoms with Gasteiger partial charge in [-0.3, -0.25) is 0 Å². The van der Waals surface area contributed by atoms with Crippen LogP contribution in [0, 0.1) is 0 Å². The molecule has 1 N–H and O–H groups in total. The van der Waals surface area contributed by atoms with Crippen LogP contribution in [0.4, 0.5) is 5.69 Å². The number of hydrogen-bond donors (Lipinski definition) is 1. The average molecular weight is 297 g/mol.